The van der Waals surface area contributed by atoms with Crippen molar-refractivity contribution in [3.63, 3.8) is 0 Å². The van der Waals surface area contributed by atoms with Crippen LogP contribution in [-0.2, 0) is 0 Å². The Morgan fingerprint density at radius 2 is 2.15 bits per heavy atom. The van der Waals surface area contributed by atoms with Crippen molar-refractivity contribution in [1.82, 2.24) is 19.5 Å². The fourth-order valence-electron chi connectivity index (χ4n) is 2.72. The summed E-state index contributed by atoms with van der Waals surface area (Å²) >= 11 is 0. The van der Waals surface area contributed by atoms with E-state index < -0.39 is 0 Å². The molecule has 0 spiro atoms. The molecular weight excluding hydrogens is 344 g/mol. The lowest BCUT2D eigenvalue weighted by Gasteiger charge is -2.09. The van der Waals surface area contributed by atoms with Crippen LogP contribution in [0, 0.1) is 6.92 Å². The Morgan fingerprint density at radius 1 is 1.30 bits per heavy atom. The van der Waals surface area contributed by atoms with Gasteiger partial charge in [-0.3, -0.25) is 9.20 Å². The lowest BCUT2D eigenvalue weighted by molar-refractivity contribution is 0.102. The molecule has 0 aliphatic heterocycles. The number of pyridine rings is 1. The molecular formula is C19H18N6O2. The number of carbonyl (C=O) groups is 1. The number of aromatic nitrogens is 4. The predicted octanol–water partition coefficient (Wildman–Crippen LogP) is 2.96. The van der Waals surface area contributed by atoms with Crippen molar-refractivity contribution in [2.75, 3.05) is 5.32 Å². The molecule has 1 amide bonds. The molecule has 0 aliphatic carbocycles. The van der Waals surface area contributed by atoms with Gasteiger partial charge in [0.2, 0.25) is 11.7 Å². The SMILES string of the molecule is Cc1ccc(-c2noc(C(C)N)n2)cc1NC(=O)c1cnc2ccccn12. The number of benzene rings is 1. The van der Waals surface area contributed by atoms with Gasteiger partial charge < -0.3 is 15.6 Å². The summed E-state index contributed by atoms with van der Waals surface area (Å²) in [6, 6.07) is 10.8. The second-order valence-corrected chi connectivity index (χ2v) is 6.30. The van der Waals surface area contributed by atoms with E-state index in [2.05, 4.69) is 20.4 Å². The summed E-state index contributed by atoms with van der Waals surface area (Å²) in [6.45, 7) is 3.69. The topological polar surface area (TPSA) is 111 Å². The normalized spacial score (nSPS) is 12.3. The van der Waals surface area contributed by atoms with Gasteiger partial charge in [0.15, 0.2) is 0 Å². The summed E-state index contributed by atoms with van der Waals surface area (Å²) in [4.78, 5) is 21.3. The van der Waals surface area contributed by atoms with Crippen molar-refractivity contribution in [2.45, 2.75) is 19.9 Å². The third-order valence-electron chi connectivity index (χ3n) is 4.22. The number of nitrogens with two attached hydrogens (primary N) is 1. The van der Waals surface area contributed by atoms with Gasteiger partial charge in [0.25, 0.3) is 5.91 Å². The van der Waals surface area contributed by atoms with Crippen LogP contribution in [0.5, 0.6) is 0 Å². The molecule has 4 rings (SSSR count). The maximum absolute atomic E-state index is 12.7. The number of fused-ring (bicyclic) bond motifs is 1. The molecule has 1 unspecified atom stereocenters. The number of rotatable bonds is 4. The van der Waals surface area contributed by atoms with Crippen LogP contribution in [-0.4, -0.2) is 25.4 Å². The van der Waals surface area contributed by atoms with Crippen LogP contribution in [0.15, 0.2) is 53.3 Å². The smallest absolute Gasteiger partial charge is 0.274 e. The van der Waals surface area contributed by atoms with Crippen LogP contribution in [0.1, 0.15) is 34.9 Å². The van der Waals surface area contributed by atoms with Gasteiger partial charge in [0.1, 0.15) is 11.3 Å². The lowest BCUT2D eigenvalue weighted by Crippen LogP contribution is -2.15. The quantitative estimate of drug-likeness (QED) is 0.577. The predicted molar refractivity (Wildman–Crippen MR) is 100 cm³/mol. The van der Waals surface area contributed by atoms with Crippen LogP contribution >= 0.6 is 0 Å². The number of imidazole rings is 1. The van der Waals surface area contributed by atoms with Crippen molar-refractivity contribution in [1.29, 1.82) is 0 Å². The van der Waals surface area contributed by atoms with Gasteiger partial charge >= 0.3 is 0 Å². The highest BCUT2D eigenvalue weighted by atomic mass is 16.5. The second-order valence-electron chi connectivity index (χ2n) is 6.30. The van der Waals surface area contributed by atoms with Gasteiger partial charge in [-0.05, 0) is 37.6 Å². The Labute approximate surface area is 155 Å². The highest BCUT2D eigenvalue weighted by Gasteiger charge is 2.16. The monoisotopic (exact) mass is 362 g/mol. The first-order valence-corrected chi connectivity index (χ1v) is 8.46. The van der Waals surface area contributed by atoms with Crippen LogP contribution in [0.4, 0.5) is 5.69 Å². The number of aryl methyl sites for hydroxylation is 1. The molecule has 8 nitrogen and oxygen atoms in total. The maximum Gasteiger partial charge on any atom is 0.274 e. The van der Waals surface area contributed by atoms with E-state index in [-0.39, 0.29) is 11.9 Å². The molecule has 0 saturated heterocycles. The number of hydrogen-bond acceptors (Lipinski definition) is 6. The van der Waals surface area contributed by atoms with Gasteiger partial charge in [-0.2, -0.15) is 4.98 Å². The van der Waals surface area contributed by atoms with E-state index in [1.54, 1.807) is 23.7 Å². The molecule has 136 valence electrons. The molecule has 8 heteroatoms. The first-order valence-electron chi connectivity index (χ1n) is 8.46. The Morgan fingerprint density at radius 3 is 2.93 bits per heavy atom. The molecule has 0 aliphatic rings. The van der Waals surface area contributed by atoms with E-state index in [9.17, 15) is 4.79 Å². The Balaban J connectivity index is 1.64. The van der Waals surface area contributed by atoms with Gasteiger partial charge in [0.05, 0.1) is 12.2 Å². The molecule has 3 aromatic heterocycles. The second kappa shape index (κ2) is 6.65. The first kappa shape index (κ1) is 16.9. The van der Waals surface area contributed by atoms with Crippen molar-refractivity contribution < 1.29 is 9.32 Å². The van der Waals surface area contributed by atoms with Crippen LogP contribution in [0.2, 0.25) is 0 Å². The van der Waals surface area contributed by atoms with Crippen molar-refractivity contribution in [3.8, 4) is 11.4 Å². The molecule has 0 radical (unpaired) electrons. The largest absolute Gasteiger partial charge is 0.337 e. The zero-order valence-electron chi connectivity index (χ0n) is 14.9. The van der Waals surface area contributed by atoms with Crippen molar-refractivity contribution >= 4 is 17.2 Å². The third kappa shape index (κ3) is 3.18. The molecule has 4 aromatic rings. The van der Waals surface area contributed by atoms with Gasteiger partial charge in [0, 0.05) is 17.4 Å². The molecule has 0 bridgehead atoms. The molecule has 1 aromatic carbocycles. The average molecular weight is 362 g/mol. The van der Waals surface area contributed by atoms with Gasteiger partial charge in [-0.15, -0.1) is 0 Å². The Hall–Kier alpha value is -3.52. The minimum atomic E-state index is -0.342. The minimum Gasteiger partial charge on any atom is -0.337 e. The molecule has 0 fully saturated rings. The number of carbonyl (C=O) groups excluding carboxylic acids is 1. The van der Waals surface area contributed by atoms with Gasteiger partial charge in [-0.25, -0.2) is 4.98 Å². The summed E-state index contributed by atoms with van der Waals surface area (Å²) in [5, 5.41) is 6.89. The van der Waals surface area contributed by atoms with Crippen LogP contribution in [0.25, 0.3) is 17.0 Å². The maximum atomic E-state index is 12.7. The molecule has 27 heavy (non-hydrogen) atoms. The summed E-state index contributed by atoms with van der Waals surface area (Å²) in [5.74, 6) is 0.535. The highest BCUT2D eigenvalue weighted by Crippen LogP contribution is 2.25. The third-order valence-corrected chi connectivity index (χ3v) is 4.22. The fourth-order valence-corrected chi connectivity index (χ4v) is 2.72. The van der Waals surface area contributed by atoms with Crippen molar-refractivity contribution in [2.24, 2.45) is 5.73 Å². The number of nitrogens with one attached hydrogen (secondary N) is 1. The average Bonchev–Trinajstić information content (AvgIpc) is 3.30. The zero-order chi connectivity index (χ0) is 19.0. The molecule has 3 N–H and O–H groups in total. The van der Waals surface area contributed by atoms with Crippen molar-refractivity contribution in [3.05, 3.63) is 65.9 Å². The standard InChI is InChI=1S/C19H18N6O2/c1-11-6-7-13(17-23-19(12(2)20)27-24-17)9-14(11)22-18(26)15-10-21-16-5-3-4-8-25(15)16/h3-10,12H,20H2,1-2H3,(H,22,26). The Bertz CT molecular complexity index is 1130. The summed E-state index contributed by atoms with van der Waals surface area (Å²) < 4.78 is 6.89. The summed E-state index contributed by atoms with van der Waals surface area (Å²) in [5.41, 5.74) is 9.23. The van der Waals surface area contributed by atoms with Crippen LogP contribution < -0.4 is 11.1 Å². The van der Waals surface area contributed by atoms with E-state index >= 15 is 0 Å². The fraction of sp³-hybridized carbons (Fsp3) is 0.158. The van der Waals surface area contributed by atoms with E-state index in [0.29, 0.717) is 28.7 Å². The molecule has 1 atom stereocenters. The molecule has 3 heterocycles. The van der Waals surface area contributed by atoms with E-state index in [4.69, 9.17) is 10.3 Å². The van der Waals surface area contributed by atoms with Gasteiger partial charge in [-0.1, -0.05) is 23.4 Å². The summed E-state index contributed by atoms with van der Waals surface area (Å²) in [7, 11) is 0. The van der Waals surface area contributed by atoms with Crippen LogP contribution in [0.3, 0.4) is 0 Å². The summed E-state index contributed by atoms with van der Waals surface area (Å²) in [6.07, 6.45) is 3.35. The Kier molecular flexibility index (Phi) is 4.17. The lowest BCUT2D eigenvalue weighted by atomic mass is 10.1. The van der Waals surface area contributed by atoms with E-state index in [1.165, 1.54) is 0 Å². The number of hydrogen-bond donors (Lipinski definition) is 2. The number of anilines is 1. The zero-order valence-corrected chi connectivity index (χ0v) is 14.9. The highest BCUT2D eigenvalue weighted by molar-refractivity contribution is 6.04. The number of amides is 1. The minimum absolute atomic E-state index is 0.252. The number of nitrogens with zero attached hydrogens (tertiary/aromatic N) is 4. The van der Waals surface area contributed by atoms with E-state index in [0.717, 1.165) is 11.1 Å². The molecule has 0 saturated carbocycles. The van der Waals surface area contributed by atoms with E-state index in [1.807, 2.05) is 43.3 Å². The first-order chi connectivity index (χ1) is 13.0.